The maximum absolute atomic E-state index is 11.9. The Hall–Kier alpha value is -3.15. The quantitative estimate of drug-likeness (QED) is 0.628. The van der Waals surface area contributed by atoms with Crippen LogP contribution in [0.15, 0.2) is 59.0 Å². The molecule has 0 aliphatic carbocycles. The van der Waals surface area contributed by atoms with Crippen LogP contribution in [0.2, 0.25) is 0 Å². The van der Waals surface area contributed by atoms with Crippen molar-refractivity contribution in [2.24, 2.45) is 0 Å². The van der Waals surface area contributed by atoms with Crippen molar-refractivity contribution in [2.45, 2.75) is 26.3 Å². The Morgan fingerprint density at radius 3 is 2.77 bits per heavy atom. The topological polar surface area (TPSA) is 77.2 Å². The number of carbonyl (C=O) groups excluding carboxylic acids is 1. The van der Waals surface area contributed by atoms with Gasteiger partial charge in [0.2, 0.25) is 17.7 Å². The monoisotopic (exact) mass is 351 g/mol. The van der Waals surface area contributed by atoms with Crippen molar-refractivity contribution < 1.29 is 13.9 Å². The smallest absolute Gasteiger partial charge is 0.247 e. The Morgan fingerprint density at radius 2 is 1.96 bits per heavy atom. The molecule has 6 heteroatoms. The van der Waals surface area contributed by atoms with Crippen LogP contribution in [0, 0.1) is 6.92 Å². The average molecular weight is 351 g/mol. The summed E-state index contributed by atoms with van der Waals surface area (Å²) in [6, 6.07) is 17.4. The van der Waals surface area contributed by atoms with Gasteiger partial charge < -0.3 is 14.5 Å². The number of carbonyl (C=O) groups is 1. The van der Waals surface area contributed by atoms with E-state index >= 15 is 0 Å². The van der Waals surface area contributed by atoms with E-state index in [1.54, 1.807) is 0 Å². The third-order valence-electron chi connectivity index (χ3n) is 3.73. The molecule has 3 rings (SSSR count). The molecule has 3 aromatic rings. The lowest BCUT2D eigenvalue weighted by atomic mass is 10.1. The number of benzene rings is 2. The summed E-state index contributed by atoms with van der Waals surface area (Å²) in [7, 11) is 0. The van der Waals surface area contributed by atoms with Gasteiger partial charge in [-0.25, -0.2) is 0 Å². The van der Waals surface area contributed by atoms with Crippen LogP contribution in [0.5, 0.6) is 5.75 Å². The summed E-state index contributed by atoms with van der Waals surface area (Å²) >= 11 is 0. The fourth-order valence-electron chi connectivity index (χ4n) is 2.42. The highest BCUT2D eigenvalue weighted by Crippen LogP contribution is 2.18. The zero-order valence-electron chi connectivity index (χ0n) is 14.6. The molecule has 0 bridgehead atoms. The van der Waals surface area contributed by atoms with Gasteiger partial charge in [0.15, 0.2) is 0 Å². The zero-order valence-corrected chi connectivity index (χ0v) is 14.6. The number of ether oxygens (including phenoxy) is 1. The van der Waals surface area contributed by atoms with Gasteiger partial charge in [0.05, 0.1) is 13.2 Å². The Balaban J connectivity index is 1.39. The van der Waals surface area contributed by atoms with Crippen molar-refractivity contribution in [3.05, 3.63) is 66.1 Å². The summed E-state index contributed by atoms with van der Waals surface area (Å²) in [5.41, 5.74) is 1.99. The number of nitrogens with zero attached hydrogens (tertiary/aromatic N) is 2. The normalized spacial score (nSPS) is 10.5. The van der Waals surface area contributed by atoms with E-state index in [2.05, 4.69) is 15.5 Å². The molecule has 0 aliphatic rings. The molecule has 0 aliphatic heterocycles. The van der Waals surface area contributed by atoms with E-state index in [4.69, 9.17) is 9.15 Å². The summed E-state index contributed by atoms with van der Waals surface area (Å²) < 4.78 is 11.2. The van der Waals surface area contributed by atoms with Gasteiger partial charge in [0, 0.05) is 12.0 Å². The van der Waals surface area contributed by atoms with Crippen LogP contribution in [-0.2, 0) is 11.3 Å². The Labute approximate surface area is 152 Å². The van der Waals surface area contributed by atoms with Crippen LogP contribution in [0.1, 0.15) is 24.3 Å². The zero-order chi connectivity index (χ0) is 18.2. The van der Waals surface area contributed by atoms with Crippen LogP contribution in [0.3, 0.4) is 0 Å². The summed E-state index contributed by atoms with van der Waals surface area (Å²) in [4.78, 5) is 11.9. The van der Waals surface area contributed by atoms with Gasteiger partial charge in [-0.2, -0.15) is 0 Å². The second-order valence-electron chi connectivity index (χ2n) is 5.91. The lowest BCUT2D eigenvalue weighted by molar-refractivity contribution is -0.121. The first kappa shape index (κ1) is 17.7. The van der Waals surface area contributed by atoms with Crippen LogP contribution in [0.4, 0.5) is 0 Å². The first-order valence-corrected chi connectivity index (χ1v) is 8.55. The van der Waals surface area contributed by atoms with E-state index in [0.717, 1.165) is 16.9 Å². The molecule has 1 amide bonds. The largest absolute Gasteiger partial charge is 0.494 e. The summed E-state index contributed by atoms with van der Waals surface area (Å²) in [5, 5.41) is 10.8. The number of amides is 1. The van der Waals surface area contributed by atoms with Gasteiger partial charge in [0.25, 0.3) is 0 Å². The first-order chi connectivity index (χ1) is 12.7. The van der Waals surface area contributed by atoms with Crippen LogP contribution < -0.4 is 10.1 Å². The van der Waals surface area contributed by atoms with Gasteiger partial charge in [-0.3, -0.25) is 4.79 Å². The molecule has 1 N–H and O–H groups in total. The molecular formula is C20H21N3O3. The van der Waals surface area contributed by atoms with Crippen molar-refractivity contribution in [3.8, 4) is 17.2 Å². The van der Waals surface area contributed by atoms with Gasteiger partial charge in [-0.1, -0.05) is 35.9 Å². The molecule has 0 atom stereocenters. The van der Waals surface area contributed by atoms with Gasteiger partial charge in [-0.05, 0) is 37.6 Å². The van der Waals surface area contributed by atoms with Crippen LogP contribution in [-0.4, -0.2) is 22.7 Å². The highest BCUT2D eigenvalue weighted by molar-refractivity contribution is 5.75. The maximum Gasteiger partial charge on any atom is 0.247 e. The highest BCUT2D eigenvalue weighted by atomic mass is 16.5. The van der Waals surface area contributed by atoms with Crippen molar-refractivity contribution in [1.29, 1.82) is 0 Å². The fourth-order valence-corrected chi connectivity index (χ4v) is 2.42. The van der Waals surface area contributed by atoms with Crippen molar-refractivity contribution >= 4 is 5.91 Å². The summed E-state index contributed by atoms with van der Waals surface area (Å²) in [5.74, 6) is 1.57. The van der Waals surface area contributed by atoms with Crippen molar-refractivity contribution in [3.63, 3.8) is 0 Å². The van der Waals surface area contributed by atoms with E-state index in [-0.39, 0.29) is 12.5 Å². The SMILES string of the molecule is Cc1cccc(-c2nnc(CNC(=O)CCCOc3ccccc3)o2)c1. The lowest BCUT2D eigenvalue weighted by Crippen LogP contribution is -2.23. The standard InChI is InChI=1S/C20H21N3O3/c1-15-7-5-8-16(13-15)20-23-22-19(26-20)14-21-18(24)11-6-12-25-17-9-3-2-4-10-17/h2-5,7-10,13H,6,11-12,14H2,1H3,(H,21,24). The Kier molecular flexibility index (Phi) is 5.98. The molecule has 2 aromatic carbocycles. The van der Waals surface area contributed by atoms with E-state index in [1.807, 2.05) is 61.5 Å². The summed E-state index contributed by atoms with van der Waals surface area (Å²) in [6.45, 7) is 2.72. The predicted molar refractivity (Wildman–Crippen MR) is 97.5 cm³/mol. The second kappa shape index (κ2) is 8.80. The van der Waals surface area contributed by atoms with E-state index in [9.17, 15) is 4.79 Å². The van der Waals surface area contributed by atoms with Crippen molar-refractivity contribution in [2.75, 3.05) is 6.61 Å². The lowest BCUT2D eigenvalue weighted by Gasteiger charge is -2.05. The number of aromatic nitrogens is 2. The van der Waals surface area contributed by atoms with Gasteiger partial charge in [-0.15, -0.1) is 10.2 Å². The number of hydrogen-bond donors (Lipinski definition) is 1. The van der Waals surface area contributed by atoms with Crippen molar-refractivity contribution in [1.82, 2.24) is 15.5 Å². The van der Waals surface area contributed by atoms with Gasteiger partial charge in [0.1, 0.15) is 5.75 Å². The second-order valence-corrected chi connectivity index (χ2v) is 5.91. The average Bonchev–Trinajstić information content (AvgIpc) is 3.14. The first-order valence-electron chi connectivity index (χ1n) is 8.55. The molecule has 0 radical (unpaired) electrons. The highest BCUT2D eigenvalue weighted by Gasteiger charge is 2.10. The van der Waals surface area contributed by atoms with Crippen LogP contribution >= 0.6 is 0 Å². The molecule has 26 heavy (non-hydrogen) atoms. The predicted octanol–water partition coefficient (Wildman–Crippen LogP) is 3.52. The number of nitrogens with one attached hydrogen (secondary N) is 1. The fraction of sp³-hybridized carbons (Fsp3) is 0.250. The van der Waals surface area contributed by atoms with Gasteiger partial charge >= 0.3 is 0 Å². The minimum Gasteiger partial charge on any atom is -0.494 e. The van der Waals surface area contributed by atoms with E-state index in [0.29, 0.717) is 31.2 Å². The molecule has 134 valence electrons. The molecular weight excluding hydrogens is 330 g/mol. The van der Waals surface area contributed by atoms with E-state index in [1.165, 1.54) is 0 Å². The third-order valence-corrected chi connectivity index (χ3v) is 3.73. The number of para-hydroxylation sites is 1. The Morgan fingerprint density at radius 1 is 1.12 bits per heavy atom. The minimum absolute atomic E-state index is 0.0723. The molecule has 0 saturated carbocycles. The number of hydrogen-bond acceptors (Lipinski definition) is 5. The van der Waals surface area contributed by atoms with E-state index < -0.39 is 0 Å². The molecule has 0 unspecified atom stereocenters. The molecule has 6 nitrogen and oxygen atoms in total. The maximum atomic E-state index is 11.9. The molecule has 1 aromatic heterocycles. The minimum atomic E-state index is -0.0723. The summed E-state index contributed by atoms with van der Waals surface area (Å²) in [6.07, 6.45) is 1.02. The number of rotatable bonds is 8. The Bertz CT molecular complexity index is 846. The molecule has 1 heterocycles. The number of aryl methyl sites for hydroxylation is 1. The molecule has 0 saturated heterocycles. The molecule has 0 spiro atoms. The molecule has 0 fully saturated rings. The third kappa shape index (κ3) is 5.17. The van der Waals surface area contributed by atoms with Crippen LogP contribution in [0.25, 0.3) is 11.5 Å².